The van der Waals surface area contributed by atoms with Crippen LogP contribution in [0.4, 0.5) is 4.79 Å². The number of nitrogens with one attached hydrogen (secondary N) is 1. The van der Waals surface area contributed by atoms with Crippen molar-refractivity contribution in [3.63, 3.8) is 0 Å². The van der Waals surface area contributed by atoms with E-state index in [9.17, 15) is 14.7 Å². The van der Waals surface area contributed by atoms with Gasteiger partial charge in [-0.1, -0.05) is 30.3 Å². The van der Waals surface area contributed by atoms with Gasteiger partial charge < -0.3 is 20.1 Å². The minimum Gasteiger partial charge on any atom is -0.480 e. The number of aliphatic carboxylic acids is 1. The van der Waals surface area contributed by atoms with Crippen molar-refractivity contribution >= 4 is 12.0 Å². The molecule has 0 aromatic heterocycles. The summed E-state index contributed by atoms with van der Waals surface area (Å²) in [6, 6.07) is 8.28. The molecule has 1 rings (SSSR count). The number of hydrogen-bond acceptors (Lipinski definition) is 3. The molecule has 0 saturated carbocycles. The van der Waals surface area contributed by atoms with E-state index in [-0.39, 0.29) is 0 Å². The number of aryl methyl sites for hydroxylation is 1. The Morgan fingerprint density at radius 1 is 1.33 bits per heavy atom. The highest BCUT2D eigenvalue weighted by atomic mass is 16.5. The van der Waals surface area contributed by atoms with Crippen LogP contribution < -0.4 is 5.32 Å². The molecule has 116 valence electrons. The summed E-state index contributed by atoms with van der Waals surface area (Å²) in [5, 5.41) is 11.7. The predicted molar refractivity (Wildman–Crippen MR) is 79.2 cm³/mol. The van der Waals surface area contributed by atoms with Gasteiger partial charge >= 0.3 is 12.0 Å². The van der Waals surface area contributed by atoms with Crippen molar-refractivity contribution in [3.8, 4) is 0 Å². The third-order valence-corrected chi connectivity index (χ3v) is 3.14. The molecule has 0 fully saturated rings. The summed E-state index contributed by atoms with van der Waals surface area (Å²) in [7, 11) is 3.15. The summed E-state index contributed by atoms with van der Waals surface area (Å²) in [5.41, 5.74) is 1.05. The molecule has 1 aromatic carbocycles. The van der Waals surface area contributed by atoms with E-state index < -0.39 is 18.0 Å². The summed E-state index contributed by atoms with van der Waals surface area (Å²) in [5.74, 6) is -1.03. The minimum absolute atomic E-state index is 0.350. The number of amides is 2. The van der Waals surface area contributed by atoms with E-state index in [0.29, 0.717) is 26.0 Å². The highest BCUT2D eigenvalue weighted by Gasteiger charge is 2.21. The van der Waals surface area contributed by atoms with Crippen LogP contribution >= 0.6 is 0 Å². The molecule has 0 spiro atoms. The first-order chi connectivity index (χ1) is 10.0. The van der Waals surface area contributed by atoms with Crippen LogP contribution in [0.25, 0.3) is 0 Å². The molecule has 0 bridgehead atoms. The molecule has 1 aromatic rings. The van der Waals surface area contributed by atoms with Crippen LogP contribution in [0.5, 0.6) is 0 Å². The van der Waals surface area contributed by atoms with Crippen molar-refractivity contribution < 1.29 is 19.4 Å². The molecule has 0 heterocycles. The van der Waals surface area contributed by atoms with Crippen LogP contribution in [0, 0.1) is 0 Å². The lowest BCUT2D eigenvalue weighted by molar-refractivity contribution is -0.139. The number of nitrogens with zero attached hydrogens (tertiary/aromatic N) is 1. The Labute approximate surface area is 124 Å². The van der Waals surface area contributed by atoms with Gasteiger partial charge in [0.2, 0.25) is 0 Å². The van der Waals surface area contributed by atoms with Crippen molar-refractivity contribution in [1.82, 2.24) is 10.2 Å². The molecule has 0 unspecified atom stereocenters. The number of likely N-dealkylation sites (N-methyl/N-ethyl adjacent to an activating group) is 1. The lowest BCUT2D eigenvalue weighted by Gasteiger charge is -2.21. The summed E-state index contributed by atoms with van der Waals surface area (Å²) >= 11 is 0. The number of carbonyl (C=O) groups is 2. The first kappa shape index (κ1) is 17.0. The summed E-state index contributed by atoms with van der Waals surface area (Å²) < 4.78 is 4.88. The fourth-order valence-corrected chi connectivity index (χ4v) is 1.80. The van der Waals surface area contributed by atoms with E-state index in [4.69, 9.17) is 4.74 Å². The maximum Gasteiger partial charge on any atom is 0.326 e. The number of carboxylic acids is 1. The van der Waals surface area contributed by atoms with Crippen LogP contribution in [0.1, 0.15) is 12.0 Å². The molecular formula is C15H22N2O4. The van der Waals surface area contributed by atoms with Gasteiger partial charge in [-0.05, 0) is 18.4 Å². The van der Waals surface area contributed by atoms with E-state index in [0.717, 1.165) is 5.56 Å². The molecule has 0 aliphatic heterocycles. The van der Waals surface area contributed by atoms with Crippen molar-refractivity contribution in [2.45, 2.75) is 18.9 Å². The lowest BCUT2D eigenvalue weighted by Crippen LogP contribution is -2.47. The van der Waals surface area contributed by atoms with Gasteiger partial charge in [0.25, 0.3) is 0 Å². The first-order valence-corrected chi connectivity index (χ1v) is 6.82. The van der Waals surface area contributed by atoms with E-state index in [1.54, 1.807) is 14.2 Å². The van der Waals surface area contributed by atoms with Gasteiger partial charge in [0.05, 0.1) is 6.61 Å². The fourth-order valence-electron chi connectivity index (χ4n) is 1.80. The van der Waals surface area contributed by atoms with E-state index in [1.165, 1.54) is 4.90 Å². The van der Waals surface area contributed by atoms with Crippen LogP contribution in [-0.4, -0.2) is 55.4 Å². The summed E-state index contributed by atoms with van der Waals surface area (Å²) in [6.45, 7) is 0.818. The lowest BCUT2D eigenvalue weighted by atomic mass is 10.1. The van der Waals surface area contributed by atoms with Crippen LogP contribution in [0.3, 0.4) is 0 Å². The molecular weight excluding hydrogens is 272 g/mol. The third kappa shape index (κ3) is 6.27. The van der Waals surface area contributed by atoms with Gasteiger partial charge in [-0.15, -0.1) is 0 Å². The molecule has 1 atom stereocenters. The molecule has 6 nitrogen and oxygen atoms in total. The number of ether oxygens (including phenoxy) is 1. The SMILES string of the molecule is COCCN(C)C(=O)N[C@@H](CCc1ccccc1)C(=O)O. The van der Waals surface area contributed by atoms with Crippen molar-refractivity contribution in [1.29, 1.82) is 0 Å². The molecule has 0 radical (unpaired) electrons. The van der Waals surface area contributed by atoms with E-state index in [2.05, 4.69) is 5.32 Å². The fraction of sp³-hybridized carbons (Fsp3) is 0.467. The van der Waals surface area contributed by atoms with Crippen LogP contribution in [-0.2, 0) is 16.0 Å². The normalized spacial score (nSPS) is 11.7. The van der Waals surface area contributed by atoms with Crippen LogP contribution in [0.15, 0.2) is 30.3 Å². The highest BCUT2D eigenvalue weighted by molar-refractivity contribution is 5.82. The maximum absolute atomic E-state index is 11.9. The Morgan fingerprint density at radius 2 is 2.00 bits per heavy atom. The van der Waals surface area contributed by atoms with Gasteiger partial charge in [-0.2, -0.15) is 0 Å². The Morgan fingerprint density at radius 3 is 2.57 bits per heavy atom. The van der Waals surface area contributed by atoms with Crippen molar-refractivity contribution in [3.05, 3.63) is 35.9 Å². The van der Waals surface area contributed by atoms with Gasteiger partial charge in [0.1, 0.15) is 6.04 Å². The number of carboxylic acid groups (broad SMARTS) is 1. The summed E-state index contributed by atoms with van der Waals surface area (Å²) in [6.07, 6.45) is 0.947. The van der Waals surface area contributed by atoms with Gasteiger partial charge in [-0.3, -0.25) is 0 Å². The largest absolute Gasteiger partial charge is 0.480 e. The average molecular weight is 294 g/mol. The Balaban J connectivity index is 2.50. The molecule has 2 amide bonds. The molecule has 21 heavy (non-hydrogen) atoms. The number of benzene rings is 1. The number of rotatable bonds is 8. The molecule has 2 N–H and O–H groups in total. The third-order valence-electron chi connectivity index (χ3n) is 3.14. The van der Waals surface area contributed by atoms with E-state index in [1.807, 2.05) is 30.3 Å². The van der Waals surface area contributed by atoms with Gasteiger partial charge in [0.15, 0.2) is 0 Å². The zero-order chi connectivity index (χ0) is 15.7. The Kier molecular flexibility index (Phi) is 7.25. The second-order valence-electron chi connectivity index (χ2n) is 4.78. The monoisotopic (exact) mass is 294 g/mol. The van der Waals surface area contributed by atoms with Gasteiger partial charge in [0, 0.05) is 20.7 Å². The predicted octanol–water partition coefficient (Wildman–Crippen LogP) is 1.36. The standard InChI is InChI=1S/C15H22N2O4/c1-17(10-11-21-2)15(20)16-13(14(18)19)9-8-12-6-4-3-5-7-12/h3-7,13H,8-11H2,1-2H3,(H,16,20)(H,18,19)/t13-/m0/s1. The number of carbonyl (C=O) groups excluding carboxylic acids is 1. The van der Waals surface area contributed by atoms with Crippen molar-refractivity contribution in [2.75, 3.05) is 27.3 Å². The molecule has 0 aliphatic rings. The second-order valence-corrected chi connectivity index (χ2v) is 4.78. The van der Waals surface area contributed by atoms with Crippen molar-refractivity contribution in [2.24, 2.45) is 0 Å². The second kappa shape index (κ2) is 8.97. The molecule has 0 saturated heterocycles. The number of urea groups is 1. The van der Waals surface area contributed by atoms with E-state index >= 15 is 0 Å². The maximum atomic E-state index is 11.9. The molecule has 6 heteroatoms. The topological polar surface area (TPSA) is 78.9 Å². The first-order valence-electron chi connectivity index (χ1n) is 6.82. The summed E-state index contributed by atoms with van der Waals surface area (Å²) in [4.78, 5) is 24.5. The van der Waals surface area contributed by atoms with Gasteiger partial charge in [-0.25, -0.2) is 9.59 Å². The zero-order valence-corrected chi connectivity index (χ0v) is 12.4. The highest BCUT2D eigenvalue weighted by Crippen LogP contribution is 2.05. The Bertz CT molecular complexity index is 450. The van der Waals surface area contributed by atoms with Crippen LogP contribution in [0.2, 0.25) is 0 Å². The smallest absolute Gasteiger partial charge is 0.326 e. The average Bonchev–Trinajstić information content (AvgIpc) is 2.49. The zero-order valence-electron chi connectivity index (χ0n) is 12.4. The Hall–Kier alpha value is -2.08. The minimum atomic E-state index is -1.03. The molecule has 0 aliphatic carbocycles. The number of hydrogen-bond donors (Lipinski definition) is 2. The number of methoxy groups -OCH3 is 1. The quantitative estimate of drug-likeness (QED) is 0.759.